The lowest BCUT2D eigenvalue weighted by Crippen LogP contribution is -2.42. The standard InChI is InChI=1S/C30H35Cl2FN4O4/c1-17-27-18(11-20(31)14-23(27)32)8-10-37(17)26(38)16-35-25-13-19-12-21(36-28(39)22(19)15-24(25)33)7-5-6-9-34-29(40)41-30(2,3)4/h11-15,17,35H,5-10,16H2,1-4H3,(H,34,40)(H,36,39). The van der Waals surface area contributed by atoms with Crippen molar-refractivity contribution in [2.75, 3.05) is 25.0 Å². The molecule has 1 aromatic heterocycles. The van der Waals surface area contributed by atoms with Crippen LogP contribution in [0.3, 0.4) is 0 Å². The van der Waals surface area contributed by atoms with Gasteiger partial charge >= 0.3 is 6.09 Å². The average Bonchev–Trinajstić information content (AvgIpc) is 2.86. The number of alkyl carbamates (subject to hydrolysis) is 1. The molecule has 3 aromatic rings. The molecule has 2 heterocycles. The first-order valence-electron chi connectivity index (χ1n) is 13.7. The minimum Gasteiger partial charge on any atom is -0.444 e. The van der Waals surface area contributed by atoms with Gasteiger partial charge in [0.2, 0.25) is 5.91 Å². The van der Waals surface area contributed by atoms with E-state index in [-0.39, 0.29) is 35.1 Å². The van der Waals surface area contributed by atoms with Gasteiger partial charge in [-0.3, -0.25) is 9.59 Å². The van der Waals surface area contributed by atoms with Crippen LogP contribution in [0.15, 0.2) is 35.1 Å². The lowest BCUT2D eigenvalue weighted by Gasteiger charge is -2.36. The average molecular weight is 606 g/mol. The first-order chi connectivity index (χ1) is 19.3. The number of nitrogens with zero attached hydrogens (tertiary/aromatic N) is 1. The molecular formula is C30H35Cl2FN4O4. The fraction of sp³-hybridized carbons (Fsp3) is 0.433. The number of rotatable bonds is 8. The second-order valence-electron chi connectivity index (χ2n) is 11.3. The normalized spacial score (nSPS) is 15.0. The summed E-state index contributed by atoms with van der Waals surface area (Å²) in [5.74, 6) is -0.813. The van der Waals surface area contributed by atoms with Crippen molar-refractivity contribution in [2.24, 2.45) is 0 Å². The third-order valence-corrected chi connectivity index (χ3v) is 7.50. The van der Waals surface area contributed by atoms with E-state index in [9.17, 15) is 18.8 Å². The number of ether oxygens (including phenoxy) is 1. The van der Waals surface area contributed by atoms with Gasteiger partial charge in [-0.15, -0.1) is 0 Å². The summed E-state index contributed by atoms with van der Waals surface area (Å²) in [6, 6.07) is 7.83. The van der Waals surface area contributed by atoms with Crippen LogP contribution in [-0.2, 0) is 22.4 Å². The van der Waals surface area contributed by atoms with Gasteiger partial charge in [0.15, 0.2) is 0 Å². The summed E-state index contributed by atoms with van der Waals surface area (Å²) in [6.07, 6.45) is 2.13. The third kappa shape index (κ3) is 7.71. The van der Waals surface area contributed by atoms with Crippen molar-refractivity contribution in [2.45, 2.75) is 65.0 Å². The van der Waals surface area contributed by atoms with Gasteiger partial charge in [-0.05, 0) is 100 Å². The summed E-state index contributed by atoms with van der Waals surface area (Å²) in [5.41, 5.74) is 1.79. The molecule has 0 fully saturated rings. The van der Waals surface area contributed by atoms with Gasteiger partial charge in [0.05, 0.1) is 23.7 Å². The number of hydrogen-bond acceptors (Lipinski definition) is 5. The van der Waals surface area contributed by atoms with E-state index in [1.807, 2.05) is 13.0 Å². The molecule has 0 saturated heterocycles. The number of anilines is 1. The molecule has 1 aliphatic rings. The summed E-state index contributed by atoms with van der Waals surface area (Å²) < 4.78 is 20.1. The maximum Gasteiger partial charge on any atom is 0.407 e. The topological polar surface area (TPSA) is 104 Å². The molecule has 2 aromatic carbocycles. The zero-order chi connectivity index (χ0) is 29.9. The number of benzene rings is 2. The number of hydrogen-bond donors (Lipinski definition) is 3. The Morgan fingerprint density at radius 1 is 1.15 bits per heavy atom. The Morgan fingerprint density at radius 2 is 1.90 bits per heavy atom. The maximum absolute atomic E-state index is 14.9. The van der Waals surface area contributed by atoms with Gasteiger partial charge in [0, 0.05) is 28.8 Å². The largest absolute Gasteiger partial charge is 0.444 e. The zero-order valence-electron chi connectivity index (χ0n) is 23.6. The molecule has 1 atom stereocenters. The first-order valence-corrected chi connectivity index (χ1v) is 14.4. The number of nitrogens with one attached hydrogen (secondary N) is 3. The van der Waals surface area contributed by atoms with Crippen molar-refractivity contribution in [3.63, 3.8) is 0 Å². The van der Waals surface area contributed by atoms with Crippen LogP contribution in [0.25, 0.3) is 10.8 Å². The Hall–Kier alpha value is -3.30. The van der Waals surface area contributed by atoms with Gasteiger partial charge in [0.25, 0.3) is 5.56 Å². The molecule has 1 unspecified atom stereocenters. The zero-order valence-corrected chi connectivity index (χ0v) is 25.1. The number of H-pyrrole nitrogens is 1. The summed E-state index contributed by atoms with van der Waals surface area (Å²) >= 11 is 12.6. The van der Waals surface area contributed by atoms with E-state index in [4.69, 9.17) is 27.9 Å². The highest BCUT2D eigenvalue weighted by Crippen LogP contribution is 2.37. The molecule has 8 nitrogen and oxygen atoms in total. The van der Waals surface area contributed by atoms with E-state index in [0.717, 1.165) is 11.1 Å². The predicted octanol–water partition coefficient (Wildman–Crippen LogP) is 6.38. The first kappa shape index (κ1) is 30.7. The van der Waals surface area contributed by atoms with Crippen LogP contribution >= 0.6 is 23.2 Å². The van der Waals surface area contributed by atoms with Gasteiger partial charge in [-0.2, -0.15) is 0 Å². The number of aromatic amines is 1. The third-order valence-electron chi connectivity index (χ3n) is 6.97. The smallest absolute Gasteiger partial charge is 0.407 e. The minimum atomic E-state index is -0.619. The lowest BCUT2D eigenvalue weighted by atomic mass is 9.93. The van der Waals surface area contributed by atoms with Crippen molar-refractivity contribution in [1.82, 2.24) is 15.2 Å². The highest BCUT2D eigenvalue weighted by molar-refractivity contribution is 6.35. The van der Waals surface area contributed by atoms with Crippen molar-refractivity contribution >= 4 is 51.7 Å². The van der Waals surface area contributed by atoms with E-state index < -0.39 is 17.5 Å². The summed E-state index contributed by atoms with van der Waals surface area (Å²) in [5, 5.41) is 7.50. The number of pyridine rings is 1. The molecule has 0 saturated carbocycles. The van der Waals surface area contributed by atoms with E-state index in [0.29, 0.717) is 59.9 Å². The number of fused-ring (bicyclic) bond motifs is 2. The lowest BCUT2D eigenvalue weighted by molar-refractivity contribution is -0.131. The second kappa shape index (κ2) is 12.7. The Bertz CT molecular complexity index is 1520. The van der Waals surface area contributed by atoms with E-state index in [1.54, 1.807) is 43.9 Å². The number of amides is 2. The minimum absolute atomic E-state index is 0.117. The van der Waals surface area contributed by atoms with Crippen molar-refractivity contribution in [3.05, 3.63) is 73.4 Å². The van der Waals surface area contributed by atoms with Gasteiger partial charge in [0.1, 0.15) is 11.4 Å². The molecule has 0 aliphatic carbocycles. The van der Waals surface area contributed by atoms with Crippen LogP contribution in [0.4, 0.5) is 14.9 Å². The summed E-state index contributed by atoms with van der Waals surface area (Å²) in [4.78, 5) is 42.0. The van der Waals surface area contributed by atoms with E-state index in [2.05, 4.69) is 15.6 Å². The molecule has 4 rings (SSSR count). The molecule has 0 radical (unpaired) electrons. The van der Waals surface area contributed by atoms with E-state index in [1.165, 1.54) is 6.07 Å². The molecule has 2 amide bonds. The van der Waals surface area contributed by atoms with Crippen LogP contribution in [0, 0.1) is 5.82 Å². The molecular weight excluding hydrogens is 570 g/mol. The highest BCUT2D eigenvalue weighted by atomic mass is 35.5. The fourth-order valence-corrected chi connectivity index (χ4v) is 5.77. The predicted molar refractivity (Wildman–Crippen MR) is 160 cm³/mol. The van der Waals surface area contributed by atoms with Crippen LogP contribution in [0.2, 0.25) is 10.0 Å². The van der Waals surface area contributed by atoms with Crippen LogP contribution < -0.4 is 16.2 Å². The molecule has 1 aliphatic heterocycles. The van der Waals surface area contributed by atoms with Crippen molar-refractivity contribution in [3.8, 4) is 0 Å². The quantitative estimate of drug-likeness (QED) is 0.259. The number of halogens is 3. The molecule has 41 heavy (non-hydrogen) atoms. The molecule has 0 spiro atoms. The Labute approximate surface area is 248 Å². The number of aromatic nitrogens is 1. The molecule has 0 bridgehead atoms. The summed E-state index contributed by atoms with van der Waals surface area (Å²) in [6.45, 7) is 8.14. The van der Waals surface area contributed by atoms with E-state index >= 15 is 0 Å². The summed E-state index contributed by atoms with van der Waals surface area (Å²) in [7, 11) is 0. The van der Waals surface area contributed by atoms with Crippen LogP contribution in [-0.4, -0.2) is 47.1 Å². The number of carbonyl (C=O) groups is 2. The molecule has 220 valence electrons. The highest BCUT2D eigenvalue weighted by Gasteiger charge is 2.29. The number of carbonyl (C=O) groups excluding carboxylic acids is 2. The van der Waals surface area contributed by atoms with Gasteiger partial charge in [-0.25, -0.2) is 9.18 Å². The van der Waals surface area contributed by atoms with Crippen molar-refractivity contribution in [1.29, 1.82) is 0 Å². The van der Waals surface area contributed by atoms with Crippen LogP contribution in [0.5, 0.6) is 0 Å². The van der Waals surface area contributed by atoms with Gasteiger partial charge in [-0.1, -0.05) is 23.2 Å². The van der Waals surface area contributed by atoms with Gasteiger partial charge < -0.3 is 25.3 Å². The van der Waals surface area contributed by atoms with Crippen molar-refractivity contribution < 1.29 is 18.7 Å². The molecule has 3 N–H and O–H groups in total. The maximum atomic E-state index is 14.9. The number of aryl methyl sites for hydroxylation is 1. The molecule has 11 heteroatoms. The van der Waals surface area contributed by atoms with Crippen LogP contribution in [0.1, 0.15) is 63.4 Å². The Morgan fingerprint density at radius 3 is 2.63 bits per heavy atom. The fourth-order valence-electron chi connectivity index (χ4n) is 5.07. The Balaban J connectivity index is 1.38. The monoisotopic (exact) mass is 604 g/mol. The number of unbranched alkanes of at least 4 members (excludes halogenated alkanes) is 1. The SMILES string of the molecule is CC1c2c(Cl)cc(Cl)cc2CCN1C(=O)CNc1cc2cc(CCCCNC(=O)OC(C)(C)C)[nH]c(=O)c2cc1F. The second-order valence-corrected chi connectivity index (χ2v) is 12.1. The Kier molecular flexibility index (Phi) is 9.49.